The summed E-state index contributed by atoms with van der Waals surface area (Å²) in [6.45, 7) is 3.80. The predicted molar refractivity (Wildman–Crippen MR) is 99.3 cm³/mol. The Bertz CT molecular complexity index is 898. The van der Waals surface area contributed by atoms with E-state index in [9.17, 15) is 4.79 Å². The summed E-state index contributed by atoms with van der Waals surface area (Å²) < 4.78 is 1.62. The Morgan fingerprint density at radius 2 is 2.04 bits per heavy atom. The van der Waals surface area contributed by atoms with Crippen molar-refractivity contribution in [1.29, 1.82) is 0 Å². The van der Waals surface area contributed by atoms with E-state index >= 15 is 0 Å². The molecule has 0 aliphatic heterocycles. The van der Waals surface area contributed by atoms with Crippen LogP contribution in [0.3, 0.4) is 0 Å². The Morgan fingerprint density at radius 3 is 2.80 bits per heavy atom. The van der Waals surface area contributed by atoms with Crippen LogP contribution >= 0.6 is 23.4 Å². The second kappa shape index (κ2) is 7.67. The molecule has 0 saturated carbocycles. The molecule has 2 aromatic carbocycles. The van der Waals surface area contributed by atoms with Crippen molar-refractivity contribution in [2.24, 2.45) is 0 Å². The molecule has 25 heavy (non-hydrogen) atoms. The van der Waals surface area contributed by atoms with Gasteiger partial charge in [-0.2, -0.15) is 4.68 Å². The van der Waals surface area contributed by atoms with Crippen molar-refractivity contribution in [3.05, 3.63) is 59.1 Å². The number of tetrazole rings is 1. The van der Waals surface area contributed by atoms with E-state index in [2.05, 4.69) is 20.8 Å². The number of hydrogen-bond donors (Lipinski definition) is 1. The highest BCUT2D eigenvalue weighted by atomic mass is 35.5. The standard InChI is InChI=1S/C17H16ClN5OS/c1-11-6-5-7-13(10-11)23-17(20-21-22-23)25-12(2)16(24)19-15-9-4-3-8-14(15)18/h3-10,12H,1-2H3,(H,19,24). The molecule has 1 N–H and O–H groups in total. The molecule has 0 radical (unpaired) electrons. The number of para-hydroxylation sites is 1. The molecule has 128 valence electrons. The van der Waals surface area contributed by atoms with Gasteiger partial charge in [0, 0.05) is 0 Å². The van der Waals surface area contributed by atoms with Gasteiger partial charge in [-0.05, 0) is 54.1 Å². The van der Waals surface area contributed by atoms with Gasteiger partial charge < -0.3 is 5.32 Å². The van der Waals surface area contributed by atoms with Gasteiger partial charge in [-0.1, -0.05) is 47.6 Å². The van der Waals surface area contributed by atoms with Crippen molar-refractivity contribution in [1.82, 2.24) is 20.2 Å². The zero-order chi connectivity index (χ0) is 17.8. The second-order valence-corrected chi connectivity index (χ2v) is 7.16. The minimum atomic E-state index is -0.397. The molecule has 0 aliphatic rings. The number of aromatic nitrogens is 4. The van der Waals surface area contributed by atoms with Gasteiger partial charge in [-0.15, -0.1) is 5.10 Å². The fraction of sp³-hybridized carbons (Fsp3) is 0.176. The lowest BCUT2D eigenvalue weighted by atomic mass is 10.2. The maximum atomic E-state index is 12.4. The minimum Gasteiger partial charge on any atom is -0.324 e. The number of halogens is 1. The van der Waals surface area contributed by atoms with Crippen LogP contribution in [0.4, 0.5) is 5.69 Å². The lowest BCUT2D eigenvalue weighted by molar-refractivity contribution is -0.115. The molecule has 1 atom stereocenters. The second-order valence-electron chi connectivity index (χ2n) is 5.44. The number of nitrogens with zero attached hydrogens (tertiary/aromatic N) is 4. The van der Waals surface area contributed by atoms with Crippen molar-refractivity contribution in [3.8, 4) is 5.69 Å². The first-order chi connectivity index (χ1) is 12.0. The molecule has 6 nitrogen and oxygen atoms in total. The number of hydrogen-bond acceptors (Lipinski definition) is 5. The molecule has 3 aromatic rings. The number of rotatable bonds is 5. The number of aryl methyl sites for hydroxylation is 1. The maximum Gasteiger partial charge on any atom is 0.237 e. The summed E-state index contributed by atoms with van der Waals surface area (Å²) in [4.78, 5) is 12.4. The summed E-state index contributed by atoms with van der Waals surface area (Å²) in [6.07, 6.45) is 0. The van der Waals surface area contributed by atoms with E-state index in [1.807, 2.05) is 43.3 Å². The third kappa shape index (κ3) is 4.18. The largest absolute Gasteiger partial charge is 0.324 e. The molecule has 3 rings (SSSR count). The smallest absolute Gasteiger partial charge is 0.237 e. The van der Waals surface area contributed by atoms with Crippen molar-refractivity contribution < 1.29 is 4.79 Å². The van der Waals surface area contributed by atoms with Gasteiger partial charge in [-0.3, -0.25) is 4.79 Å². The quantitative estimate of drug-likeness (QED) is 0.689. The number of nitrogens with one attached hydrogen (secondary N) is 1. The van der Waals surface area contributed by atoms with Crippen LogP contribution in [0.15, 0.2) is 53.7 Å². The van der Waals surface area contributed by atoms with Crippen LogP contribution in [0.2, 0.25) is 5.02 Å². The molecular weight excluding hydrogens is 358 g/mol. The lowest BCUT2D eigenvalue weighted by Crippen LogP contribution is -2.23. The van der Waals surface area contributed by atoms with Gasteiger partial charge in [0.25, 0.3) is 0 Å². The van der Waals surface area contributed by atoms with Crippen LogP contribution in [-0.2, 0) is 4.79 Å². The van der Waals surface area contributed by atoms with Gasteiger partial charge in [0.2, 0.25) is 11.1 Å². The molecule has 1 aromatic heterocycles. The monoisotopic (exact) mass is 373 g/mol. The highest BCUT2D eigenvalue weighted by molar-refractivity contribution is 8.00. The summed E-state index contributed by atoms with van der Waals surface area (Å²) in [7, 11) is 0. The van der Waals surface area contributed by atoms with Crippen LogP contribution in [-0.4, -0.2) is 31.4 Å². The van der Waals surface area contributed by atoms with Gasteiger partial charge >= 0.3 is 0 Å². The molecule has 0 saturated heterocycles. The Kier molecular flexibility index (Phi) is 5.35. The normalized spacial score (nSPS) is 12.0. The van der Waals surface area contributed by atoms with Crippen LogP contribution in [0.25, 0.3) is 5.69 Å². The van der Waals surface area contributed by atoms with Crippen LogP contribution in [0.5, 0.6) is 0 Å². The number of carbonyl (C=O) groups is 1. The van der Waals surface area contributed by atoms with Crippen LogP contribution < -0.4 is 5.32 Å². The summed E-state index contributed by atoms with van der Waals surface area (Å²) >= 11 is 7.36. The first kappa shape index (κ1) is 17.4. The molecule has 1 amide bonds. The maximum absolute atomic E-state index is 12.4. The highest BCUT2D eigenvalue weighted by Gasteiger charge is 2.20. The van der Waals surface area contributed by atoms with Crippen molar-refractivity contribution in [2.45, 2.75) is 24.3 Å². The molecule has 0 bridgehead atoms. The molecule has 0 spiro atoms. The molecular formula is C17H16ClN5OS. The summed E-state index contributed by atoms with van der Waals surface area (Å²) in [6, 6.07) is 15.0. The van der Waals surface area contributed by atoms with E-state index in [0.29, 0.717) is 15.9 Å². The van der Waals surface area contributed by atoms with E-state index < -0.39 is 5.25 Å². The van der Waals surface area contributed by atoms with Crippen molar-refractivity contribution in [3.63, 3.8) is 0 Å². The lowest BCUT2D eigenvalue weighted by Gasteiger charge is -2.12. The first-order valence-corrected chi connectivity index (χ1v) is 8.88. The average molecular weight is 374 g/mol. The Labute approximate surface area is 154 Å². The van der Waals surface area contributed by atoms with E-state index in [1.165, 1.54) is 11.8 Å². The van der Waals surface area contributed by atoms with E-state index in [0.717, 1.165) is 11.3 Å². The molecule has 1 unspecified atom stereocenters. The number of carbonyl (C=O) groups excluding carboxylic acids is 1. The van der Waals surface area contributed by atoms with Gasteiger partial charge in [0.15, 0.2) is 0 Å². The fourth-order valence-electron chi connectivity index (χ4n) is 2.18. The molecule has 1 heterocycles. The topological polar surface area (TPSA) is 72.7 Å². The van der Waals surface area contributed by atoms with Gasteiger partial charge in [0.1, 0.15) is 0 Å². The Hall–Kier alpha value is -2.38. The SMILES string of the molecule is Cc1cccc(-n2nnnc2SC(C)C(=O)Nc2ccccc2Cl)c1. The number of benzene rings is 2. The Balaban J connectivity index is 1.74. The average Bonchev–Trinajstić information content (AvgIpc) is 3.05. The van der Waals surface area contributed by atoms with Crippen molar-refractivity contribution >= 4 is 35.0 Å². The summed E-state index contributed by atoms with van der Waals surface area (Å²) in [5, 5.41) is 15.2. The summed E-state index contributed by atoms with van der Waals surface area (Å²) in [5.74, 6) is -0.170. The van der Waals surface area contributed by atoms with E-state index in [4.69, 9.17) is 11.6 Å². The van der Waals surface area contributed by atoms with Gasteiger partial charge in [0.05, 0.1) is 21.6 Å². The third-order valence-corrected chi connectivity index (χ3v) is 4.83. The van der Waals surface area contributed by atoms with E-state index in [-0.39, 0.29) is 5.91 Å². The zero-order valence-electron chi connectivity index (χ0n) is 13.7. The zero-order valence-corrected chi connectivity index (χ0v) is 15.3. The number of thioether (sulfide) groups is 1. The van der Waals surface area contributed by atoms with Gasteiger partial charge in [-0.25, -0.2) is 0 Å². The van der Waals surface area contributed by atoms with Crippen LogP contribution in [0.1, 0.15) is 12.5 Å². The Morgan fingerprint density at radius 1 is 1.24 bits per heavy atom. The summed E-state index contributed by atoms with van der Waals surface area (Å²) in [5.41, 5.74) is 2.54. The third-order valence-electron chi connectivity index (χ3n) is 3.47. The molecule has 0 aliphatic carbocycles. The predicted octanol–water partition coefficient (Wildman–Crippen LogP) is 3.74. The molecule has 8 heteroatoms. The minimum absolute atomic E-state index is 0.170. The van der Waals surface area contributed by atoms with Crippen molar-refractivity contribution in [2.75, 3.05) is 5.32 Å². The number of amides is 1. The van der Waals surface area contributed by atoms with E-state index in [1.54, 1.807) is 23.7 Å². The highest BCUT2D eigenvalue weighted by Crippen LogP contribution is 2.26. The first-order valence-electron chi connectivity index (χ1n) is 7.62. The molecule has 0 fully saturated rings. The van der Waals surface area contributed by atoms with Crippen LogP contribution in [0, 0.1) is 6.92 Å². The fourth-order valence-corrected chi connectivity index (χ4v) is 3.17. The number of anilines is 1.